The first kappa shape index (κ1) is 21.5. The molecule has 2 aromatic rings. The monoisotopic (exact) mass is 442 g/mol. The van der Waals surface area contributed by atoms with Crippen LogP contribution in [0.4, 0.5) is 0 Å². The van der Waals surface area contributed by atoms with Crippen molar-refractivity contribution < 1.29 is 24.2 Å². The number of carboxylic acid groups (broad SMARTS) is 1. The number of hydrazine groups is 1. The summed E-state index contributed by atoms with van der Waals surface area (Å²) in [5, 5.41) is 9.81. The molecular formula is C21H18N2O5S2. The molecule has 30 heavy (non-hydrogen) atoms. The van der Waals surface area contributed by atoms with Crippen LogP contribution in [-0.2, 0) is 9.59 Å². The Kier molecular flexibility index (Phi) is 6.86. The number of carboxylic acids is 1. The lowest BCUT2D eigenvalue weighted by molar-refractivity contribution is -0.137. The topological polar surface area (TPSA) is 95.9 Å². The van der Waals surface area contributed by atoms with Crippen LogP contribution in [0.3, 0.4) is 0 Å². The molecule has 0 radical (unpaired) electrons. The second-order valence-electron chi connectivity index (χ2n) is 6.30. The second kappa shape index (κ2) is 9.55. The van der Waals surface area contributed by atoms with E-state index in [0.717, 1.165) is 22.3 Å². The molecule has 0 unspecified atom stereocenters. The van der Waals surface area contributed by atoms with Gasteiger partial charge < -0.3 is 9.84 Å². The lowest BCUT2D eigenvalue weighted by atomic mass is 10.1. The first-order valence-electron chi connectivity index (χ1n) is 8.95. The molecule has 1 heterocycles. The molecule has 2 N–H and O–H groups in total. The third-order valence-corrected chi connectivity index (χ3v) is 5.48. The number of hydrogen-bond donors (Lipinski definition) is 2. The molecule has 0 saturated carbocycles. The zero-order valence-corrected chi connectivity index (χ0v) is 17.6. The number of benzene rings is 2. The number of ether oxygens (including phenoxy) is 1. The maximum Gasteiger partial charge on any atom is 0.306 e. The summed E-state index contributed by atoms with van der Waals surface area (Å²) < 4.78 is 5.73. The average molecular weight is 443 g/mol. The number of aliphatic carboxylic acids is 1. The van der Waals surface area contributed by atoms with Gasteiger partial charge in [0.25, 0.3) is 11.8 Å². The van der Waals surface area contributed by atoms with Crippen LogP contribution in [0.25, 0.3) is 6.08 Å². The molecule has 2 amide bonds. The van der Waals surface area contributed by atoms with Crippen molar-refractivity contribution in [2.24, 2.45) is 0 Å². The van der Waals surface area contributed by atoms with E-state index in [1.165, 1.54) is 0 Å². The lowest BCUT2D eigenvalue weighted by Crippen LogP contribution is -2.45. The van der Waals surface area contributed by atoms with E-state index in [9.17, 15) is 14.4 Å². The minimum absolute atomic E-state index is 0.00757. The van der Waals surface area contributed by atoms with E-state index in [0.29, 0.717) is 21.8 Å². The molecule has 154 valence electrons. The molecule has 7 nitrogen and oxygen atoms in total. The molecule has 3 rings (SSSR count). The molecule has 0 aromatic heterocycles. The Morgan fingerprint density at radius 2 is 1.90 bits per heavy atom. The summed E-state index contributed by atoms with van der Waals surface area (Å²) in [5.41, 5.74) is 4.40. The highest BCUT2D eigenvalue weighted by molar-refractivity contribution is 8.26. The molecular weight excluding hydrogens is 424 g/mol. The zero-order chi connectivity index (χ0) is 21.7. The number of thioether (sulfide) groups is 1. The molecule has 0 aliphatic carbocycles. The van der Waals surface area contributed by atoms with Gasteiger partial charge in [0.1, 0.15) is 5.75 Å². The van der Waals surface area contributed by atoms with Crippen LogP contribution in [0, 0.1) is 6.92 Å². The fourth-order valence-electron chi connectivity index (χ4n) is 2.67. The van der Waals surface area contributed by atoms with Gasteiger partial charge in [-0.3, -0.25) is 19.8 Å². The minimum atomic E-state index is -0.960. The Balaban J connectivity index is 1.76. The van der Waals surface area contributed by atoms with Gasteiger partial charge in [-0.15, -0.1) is 0 Å². The quantitative estimate of drug-likeness (QED) is 0.501. The smallest absolute Gasteiger partial charge is 0.306 e. The van der Waals surface area contributed by atoms with E-state index >= 15 is 0 Å². The van der Waals surface area contributed by atoms with Crippen LogP contribution in [0.1, 0.15) is 27.9 Å². The number of carbonyl (C=O) groups excluding carboxylic acids is 2. The molecule has 9 heteroatoms. The van der Waals surface area contributed by atoms with Gasteiger partial charge in [0.15, 0.2) is 4.32 Å². The number of nitrogens with zero attached hydrogens (tertiary/aromatic N) is 1. The Morgan fingerprint density at radius 3 is 2.63 bits per heavy atom. The Morgan fingerprint density at radius 1 is 1.20 bits per heavy atom. The predicted octanol–water partition coefficient (Wildman–Crippen LogP) is 3.39. The summed E-state index contributed by atoms with van der Waals surface area (Å²) in [6, 6.07) is 14.0. The summed E-state index contributed by atoms with van der Waals surface area (Å²) in [5.74, 6) is -1.39. The molecule has 1 fully saturated rings. The van der Waals surface area contributed by atoms with Gasteiger partial charge in [0, 0.05) is 11.1 Å². The summed E-state index contributed by atoms with van der Waals surface area (Å²) in [7, 11) is 0. The number of carbonyl (C=O) groups is 3. The van der Waals surface area contributed by atoms with E-state index in [2.05, 4.69) is 5.43 Å². The van der Waals surface area contributed by atoms with Crippen molar-refractivity contribution in [1.29, 1.82) is 0 Å². The summed E-state index contributed by atoms with van der Waals surface area (Å²) in [4.78, 5) is 36.4. The maximum atomic E-state index is 12.8. The summed E-state index contributed by atoms with van der Waals surface area (Å²) >= 11 is 6.32. The highest BCUT2D eigenvalue weighted by Gasteiger charge is 2.34. The number of thiocarbonyl (C=S) groups is 1. The fourth-order valence-corrected chi connectivity index (χ4v) is 3.84. The van der Waals surface area contributed by atoms with Crippen LogP contribution in [0.5, 0.6) is 5.75 Å². The van der Waals surface area contributed by atoms with E-state index in [4.69, 9.17) is 22.1 Å². The van der Waals surface area contributed by atoms with Crippen molar-refractivity contribution in [3.8, 4) is 5.75 Å². The highest BCUT2D eigenvalue weighted by atomic mass is 32.2. The Hall–Kier alpha value is -3.17. The van der Waals surface area contributed by atoms with Gasteiger partial charge in [-0.2, -0.15) is 5.01 Å². The first-order chi connectivity index (χ1) is 14.4. The van der Waals surface area contributed by atoms with Crippen LogP contribution in [0.15, 0.2) is 53.4 Å². The van der Waals surface area contributed by atoms with Gasteiger partial charge in [-0.05, 0) is 42.9 Å². The summed E-state index contributed by atoms with van der Waals surface area (Å²) in [6.07, 6.45) is 1.47. The molecule has 1 saturated heterocycles. The van der Waals surface area contributed by atoms with Gasteiger partial charge >= 0.3 is 5.97 Å². The van der Waals surface area contributed by atoms with E-state index in [1.54, 1.807) is 55.5 Å². The number of aryl methyl sites for hydroxylation is 1. The Labute approximate surface area is 182 Å². The molecule has 0 atom stereocenters. The largest absolute Gasteiger partial charge is 0.492 e. The number of nitrogens with one attached hydrogen (secondary N) is 1. The first-order valence-corrected chi connectivity index (χ1v) is 10.2. The van der Waals surface area contributed by atoms with Crippen molar-refractivity contribution in [1.82, 2.24) is 10.4 Å². The van der Waals surface area contributed by atoms with Gasteiger partial charge in [0.2, 0.25) is 0 Å². The van der Waals surface area contributed by atoms with Crippen molar-refractivity contribution >= 4 is 52.2 Å². The second-order valence-corrected chi connectivity index (χ2v) is 7.98. The molecule has 1 aliphatic heterocycles. The standard InChI is InChI=1S/C21H18N2O5S2/c1-13-6-2-4-8-15(13)19(26)22-23-20(27)17(30-21(23)29)12-14-7-3-5-9-16(14)28-11-10-18(24)25/h2-9,12H,10-11H2,1H3,(H,22,26)(H,24,25)/b17-12+. The molecule has 0 bridgehead atoms. The SMILES string of the molecule is Cc1ccccc1C(=O)NN1C(=O)/C(=C\c2ccccc2OCCC(=O)O)SC1=S. The number of rotatable bonds is 7. The highest BCUT2D eigenvalue weighted by Crippen LogP contribution is 2.33. The van der Waals surface area contributed by atoms with Crippen LogP contribution in [-0.4, -0.2) is 38.8 Å². The zero-order valence-electron chi connectivity index (χ0n) is 16.0. The summed E-state index contributed by atoms with van der Waals surface area (Å²) in [6.45, 7) is 1.81. The number of amides is 2. The van der Waals surface area contributed by atoms with Crippen molar-refractivity contribution in [2.45, 2.75) is 13.3 Å². The van der Waals surface area contributed by atoms with Crippen LogP contribution >= 0.6 is 24.0 Å². The van der Waals surface area contributed by atoms with E-state index in [-0.39, 0.29) is 17.3 Å². The van der Waals surface area contributed by atoms with Crippen molar-refractivity contribution in [2.75, 3.05) is 6.61 Å². The van der Waals surface area contributed by atoms with Crippen LogP contribution < -0.4 is 10.2 Å². The molecule has 2 aromatic carbocycles. The number of para-hydroxylation sites is 1. The molecule has 0 spiro atoms. The third kappa shape index (κ3) is 5.05. The third-order valence-electron chi connectivity index (χ3n) is 4.18. The van der Waals surface area contributed by atoms with E-state index < -0.39 is 17.8 Å². The fraction of sp³-hybridized carbons (Fsp3) is 0.143. The average Bonchev–Trinajstić information content (AvgIpc) is 2.96. The van der Waals surface area contributed by atoms with Gasteiger partial charge in [-0.25, -0.2) is 0 Å². The maximum absolute atomic E-state index is 12.8. The Bertz CT molecular complexity index is 1050. The van der Waals surface area contributed by atoms with Crippen molar-refractivity contribution in [3.05, 3.63) is 70.1 Å². The predicted molar refractivity (Wildman–Crippen MR) is 118 cm³/mol. The van der Waals surface area contributed by atoms with Gasteiger partial charge in [0.05, 0.1) is 17.9 Å². The van der Waals surface area contributed by atoms with Crippen molar-refractivity contribution in [3.63, 3.8) is 0 Å². The normalized spacial score (nSPS) is 14.8. The molecule has 1 aliphatic rings. The minimum Gasteiger partial charge on any atom is -0.492 e. The van der Waals surface area contributed by atoms with E-state index in [1.807, 2.05) is 6.07 Å². The van der Waals surface area contributed by atoms with Gasteiger partial charge in [-0.1, -0.05) is 48.2 Å². The van der Waals surface area contributed by atoms with Crippen LogP contribution in [0.2, 0.25) is 0 Å². The lowest BCUT2D eigenvalue weighted by Gasteiger charge is -2.16. The number of hydrogen-bond acceptors (Lipinski definition) is 6.